The van der Waals surface area contributed by atoms with Crippen molar-refractivity contribution in [1.82, 2.24) is 9.97 Å². The van der Waals surface area contributed by atoms with E-state index in [0.717, 1.165) is 6.26 Å². The maximum absolute atomic E-state index is 8.82. The van der Waals surface area contributed by atoms with E-state index < -0.39 is 0 Å². The van der Waals surface area contributed by atoms with E-state index in [1.54, 1.807) is 0 Å². The fraction of sp³-hybridized carbons (Fsp3) is 0. The zero-order chi connectivity index (χ0) is 9.52. The Morgan fingerprint density at radius 1 is 1.54 bits per heavy atom. The Hall–Kier alpha value is -2.15. The maximum atomic E-state index is 8.82. The molecule has 4 nitrogen and oxygen atoms in total. The minimum Gasteiger partial charge on any atom is -0.515 e. The van der Waals surface area contributed by atoms with E-state index in [-0.39, 0.29) is 0 Å². The molecule has 1 rings (SSSR count). The summed E-state index contributed by atoms with van der Waals surface area (Å²) in [6, 6.07) is 1.82. The second-order valence-corrected chi connectivity index (χ2v) is 2.14. The van der Waals surface area contributed by atoms with Gasteiger partial charge in [-0.2, -0.15) is 5.26 Å². The number of rotatable bonds is 2. The van der Waals surface area contributed by atoms with Gasteiger partial charge in [0.05, 0.1) is 24.2 Å². The molecule has 0 fully saturated rings. The smallest absolute Gasteiger partial charge is 0.0916 e. The highest BCUT2D eigenvalue weighted by molar-refractivity contribution is 5.70. The summed E-state index contributed by atoms with van der Waals surface area (Å²) in [7, 11) is 0. The minimum atomic E-state index is 0.453. The van der Waals surface area contributed by atoms with Crippen LogP contribution in [-0.4, -0.2) is 15.1 Å². The molecule has 64 valence electrons. The first-order valence-corrected chi connectivity index (χ1v) is 3.55. The van der Waals surface area contributed by atoms with Crippen LogP contribution in [0.5, 0.6) is 0 Å². The molecule has 0 saturated carbocycles. The minimum absolute atomic E-state index is 0.453. The average molecular weight is 173 g/mol. The fourth-order valence-electron chi connectivity index (χ4n) is 0.770. The standard InChI is InChI=1S/C9H7N3O/c10-3-1-2-8(7-13)9-6-11-4-5-12-9/h1-2,4-7,13H/b2-1-,8-7-. The molecular weight excluding hydrogens is 166 g/mol. The van der Waals surface area contributed by atoms with Gasteiger partial charge in [-0.25, -0.2) is 0 Å². The number of nitriles is 1. The zero-order valence-corrected chi connectivity index (χ0v) is 6.75. The molecule has 0 bridgehead atoms. The van der Waals surface area contributed by atoms with E-state index in [1.165, 1.54) is 30.7 Å². The van der Waals surface area contributed by atoms with Gasteiger partial charge < -0.3 is 5.11 Å². The molecule has 1 aromatic rings. The van der Waals surface area contributed by atoms with Crippen LogP contribution in [0.25, 0.3) is 5.57 Å². The predicted octanol–water partition coefficient (Wildman–Crippen LogP) is 1.46. The number of hydrogen-bond donors (Lipinski definition) is 1. The van der Waals surface area contributed by atoms with Gasteiger partial charge in [0.2, 0.25) is 0 Å². The van der Waals surface area contributed by atoms with Gasteiger partial charge in [-0.05, 0) is 6.08 Å². The van der Waals surface area contributed by atoms with Crippen LogP contribution in [0.3, 0.4) is 0 Å². The van der Waals surface area contributed by atoms with Crippen molar-refractivity contribution in [3.05, 3.63) is 42.7 Å². The lowest BCUT2D eigenvalue weighted by molar-refractivity contribution is 0.476. The normalized spacial score (nSPS) is 11.5. The van der Waals surface area contributed by atoms with E-state index in [4.69, 9.17) is 10.4 Å². The predicted molar refractivity (Wildman–Crippen MR) is 47.4 cm³/mol. The van der Waals surface area contributed by atoms with Gasteiger partial charge in [-0.1, -0.05) is 0 Å². The molecule has 13 heavy (non-hydrogen) atoms. The molecule has 0 unspecified atom stereocenters. The first-order valence-electron chi connectivity index (χ1n) is 3.55. The summed E-state index contributed by atoms with van der Waals surface area (Å²) in [4.78, 5) is 7.78. The van der Waals surface area contributed by atoms with Gasteiger partial charge >= 0.3 is 0 Å². The first-order chi connectivity index (χ1) is 6.38. The van der Waals surface area contributed by atoms with Gasteiger partial charge in [0.15, 0.2) is 0 Å². The molecule has 1 N–H and O–H groups in total. The summed E-state index contributed by atoms with van der Waals surface area (Å²) in [6.07, 6.45) is 8.16. The highest BCUT2D eigenvalue weighted by Crippen LogP contribution is 2.09. The van der Waals surface area contributed by atoms with Gasteiger partial charge in [0.1, 0.15) is 0 Å². The summed E-state index contributed by atoms with van der Waals surface area (Å²) < 4.78 is 0. The number of aliphatic hydroxyl groups is 1. The van der Waals surface area contributed by atoms with Gasteiger partial charge in [-0.15, -0.1) is 0 Å². The Morgan fingerprint density at radius 2 is 2.38 bits per heavy atom. The quantitative estimate of drug-likeness (QED) is 0.417. The van der Waals surface area contributed by atoms with Crippen LogP contribution >= 0.6 is 0 Å². The van der Waals surface area contributed by atoms with Crippen LogP contribution in [0, 0.1) is 11.3 Å². The first kappa shape index (κ1) is 8.94. The van der Waals surface area contributed by atoms with Crippen LogP contribution in [0.4, 0.5) is 0 Å². The van der Waals surface area contributed by atoms with E-state index in [9.17, 15) is 0 Å². The number of aromatic nitrogens is 2. The number of allylic oxidation sites excluding steroid dienone is 3. The molecule has 0 spiro atoms. The number of aliphatic hydroxyl groups excluding tert-OH is 1. The van der Waals surface area contributed by atoms with Crippen molar-refractivity contribution in [3.63, 3.8) is 0 Å². The lowest BCUT2D eigenvalue weighted by Crippen LogP contribution is -1.87. The highest BCUT2D eigenvalue weighted by atomic mass is 16.2. The molecule has 0 radical (unpaired) electrons. The van der Waals surface area contributed by atoms with Crippen molar-refractivity contribution in [2.75, 3.05) is 0 Å². The molecule has 1 heterocycles. The summed E-state index contributed by atoms with van der Waals surface area (Å²) >= 11 is 0. The van der Waals surface area contributed by atoms with Crippen molar-refractivity contribution in [2.24, 2.45) is 0 Å². The molecule has 0 atom stereocenters. The van der Waals surface area contributed by atoms with Crippen molar-refractivity contribution in [2.45, 2.75) is 0 Å². The zero-order valence-electron chi connectivity index (χ0n) is 6.75. The molecule has 0 aromatic carbocycles. The second kappa shape index (κ2) is 4.67. The Kier molecular flexibility index (Phi) is 3.21. The third-order valence-electron chi connectivity index (χ3n) is 1.34. The molecule has 0 aliphatic heterocycles. The molecule has 4 heteroatoms. The van der Waals surface area contributed by atoms with E-state index in [2.05, 4.69) is 9.97 Å². The molecule has 0 aliphatic carbocycles. The van der Waals surface area contributed by atoms with Crippen LogP contribution in [0.1, 0.15) is 5.69 Å². The third-order valence-corrected chi connectivity index (χ3v) is 1.34. The van der Waals surface area contributed by atoms with Gasteiger partial charge in [0, 0.05) is 24.0 Å². The molecule has 0 saturated heterocycles. The Balaban J connectivity index is 2.95. The summed E-state index contributed by atoms with van der Waals surface area (Å²) in [5.41, 5.74) is 0.978. The van der Waals surface area contributed by atoms with Gasteiger partial charge in [0.25, 0.3) is 0 Å². The lowest BCUT2D eigenvalue weighted by atomic mass is 10.2. The number of nitrogens with zero attached hydrogens (tertiary/aromatic N) is 3. The number of hydrogen-bond acceptors (Lipinski definition) is 4. The summed E-state index contributed by atoms with van der Waals surface area (Å²) in [5.74, 6) is 0. The molecule has 1 aromatic heterocycles. The SMILES string of the molecule is N#C/C=C\C(=C\O)c1cnccn1. The molecule has 0 amide bonds. The van der Waals surface area contributed by atoms with Crippen molar-refractivity contribution in [1.29, 1.82) is 5.26 Å². The van der Waals surface area contributed by atoms with Crippen molar-refractivity contribution in [3.8, 4) is 6.07 Å². The van der Waals surface area contributed by atoms with E-state index in [0.29, 0.717) is 11.3 Å². The molecule has 0 aliphatic rings. The second-order valence-electron chi connectivity index (χ2n) is 2.14. The van der Waals surface area contributed by atoms with Crippen LogP contribution < -0.4 is 0 Å². The highest BCUT2D eigenvalue weighted by Gasteiger charge is 1.97. The van der Waals surface area contributed by atoms with Crippen LogP contribution in [0.2, 0.25) is 0 Å². The van der Waals surface area contributed by atoms with Gasteiger partial charge in [-0.3, -0.25) is 9.97 Å². The van der Waals surface area contributed by atoms with Crippen molar-refractivity contribution >= 4 is 5.57 Å². The Labute approximate surface area is 75.5 Å². The molecular formula is C9H7N3O. The monoisotopic (exact) mass is 173 g/mol. The third kappa shape index (κ3) is 2.42. The van der Waals surface area contributed by atoms with E-state index >= 15 is 0 Å². The Morgan fingerprint density at radius 3 is 2.92 bits per heavy atom. The topological polar surface area (TPSA) is 69.8 Å². The lowest BCUT2D eigenvalue weighted by Gasteiger charge is -1.96. The average Bonchev–Trinajstić information content (AvgIpc) is 2.21. The van der Waals surface area contributed by atoms with Crippen molar-refractivity contribution < 1.29 is 5.11 Å². The van der Waals surface area contributed by atoms with Crippen LogP contribution in [0.15, 0.2) is 37.0 Å². The summed E-state index contributed by atoms with van der Waals surface area (Å²) in [6.45, 7) is 0. The maximum Gasteiger partial charge on any atom is 0.0916 e. The fourth-order valence-corrected chi connectivity index (χ4v) is 0.770. The summed E-state index contributed by atoms with van der Waals surface area (Å²) in [5, 5.41) is 17.1. The Bertz CT molecular complexity index is 362. The largest absolute Gasteiger partial charge is 0.515 e. The van der Waals surface area contributed by atoms with Crippen LogP contribution in [-0.2, 0) is 0 Å². The van der Waals surface area contributed by atoms with E-state index in [1.807, 2.05) is 6.07 Å².